The van der Waals surface area contributed by atoms with Gasteiger partial charge >= 0.3 is 6.03 Å². The average molecular weight is 375 g/mol. The number of hydrogen-bond acceptors (Lipinski definition) is 4. The molecule has 0 bridgehead atoms. The van der Waals surface area contributed by atoms with E-state index in [0.29, 0.717) is 11.1 Å². The SMILES string of the molecule is CN(Cc1ccccc1O)C(=O)Nc1cccc(C2SCCCS2)c1. The Balaban J connectivity index is 1.63. The summed E-state index contributed by atoms with van der Waals surface area (Å²) >= 11 is 3.93. The summed E-state index contributed by atoms with van der Waals surface area (Å²) in [6.07, 6.45) is 1.26. The molecule has 0 aliphatic carbocycles. The van der Waals surface area contributed by atoms with Crippen molar-refractivity contribution in [3.8, 4) is 5.75 Å². The minimum absolute atomic E-state index is 0.190. The Bertz CT molecular complexity index is 733. The molecule has 2 N–H and O–H groups in total. The van der Waals surface area contributed by atoms with Gasteiger partial charge in [-0.25, -0.2) is 4.79 Å². The molecule has 1 aliphatic rings. The molecule has 1 heterocycles. The van der Waals surface area contributed by atoms with E-state index in [4.69, 9.17) is 0 Å². The van der Waals surface area contributed by atoms with E-state index in [1.54, 1.807) is 24.1 Å². The predicted octanol–water partition coefficient (Wildman–Crippen LogP) is 4.92. The molecule has 0 radical (unpaired) electrons. The molecule has 2 aromatic rings. The molecule has 1 aliphatic heterocycles. The van der Waals surface area contributed by atoms with E-state index in [0.717, 1.165) is 11.3 Å². The van der Waals surface area contributed by atoms with Crippen molar-refractivity contribution in [2.75, 3.05) is 23.9 Å². The van der Waals surface area contributed by atoms with E-state index in [-0.39, 0.29) is 11.8 Å². The van der Waals surface area contributed by atoms with Crippen molar-refractivity contribution >= 4 is 35.2 Å². The number of aromatic hydroxyl groups is 1. The van der Waals surface area contributed by atoms with E-state index >= 15 is 0 Å². The number of amides is 2. The van der Waals surface area contributed by atoms with Gasteiger partial charge in [-0.2, -0.15) is 0 Å². The lowest BCUT2D eigenvalue weighted by molar-refractivity contribution is 0.220. The monoisotopic (exact) mass is 374 g/mol. The summed E-state index contributed by atoms with van der Waals surface area (Å²) in [5.41, 5.74) is 2.78. The number of nitrogens with zero attached hydrogens (tertiary/aromatic N) is 1. The fourth-order valence-electron chi connectivity index (χ4n) is 2.63. The molecule has 1 fully saturated rings. The molecule has 132 valence electrons. The Labute approximate surface area is 157 Å². The molecule has 2 aromatic carbocycles. The van der Waals surface area contributed by atoms with E-state index in [9.17, 15) is 9.90 Å². The number of nitrogens with one attached hydrogen (secondary N) is 1. The zero-order valence-corrected chi connectivity index (χ0v) is 15.8. The number of phenols is 1. The van der Waals surface area contributed by atoms with Crippen molar-refractivity contribution in [2.24, 2.45) is 0 Å². The zero-order chi connectivity index (χ0) is 17.6. The molecule has 3 rings (SSSR count). The molecule has 0 saturated carbocycles. The van der Waals surface area contributed by atoms with E-state index < -0.39 is 0 Å². The van der Waals surface area contributed by atoms with Crippen LogP contribution in [-0.4, -0.2) is 34.6 Å². The molecule has 0 unspecified atom stereocenters. The van der Waals surface area contributed by atoms with Gasteiger partial charge in [0.05, 0.1) is 11.1 Å². The van der Waals surface area contributed by atoms with E-state index in [2.05, 4.69) is 17.4 Å². The minimum Gasteiger partial charge on any atom is -0.508 e. The van der Waals surface area contributed by atoms with Gasteiger partial charge in [-0.05, 0) is 41.7 Å². The highest BCUT2D eigenvalue weighted by atomic mass is 32.2. The fraction of sp³-hybridized carbons (Fsp3) is 0.316. The van der Waals surface area contributed by atoms with Crippen molar-refractivity contribution in [3.63, 3.8) is 0 Å². The number of thioether (sulfide) groups is 2. The average Bonchev–Trinajstić information content (AvgIpc) is 2.64. The number of urea groups is 1. The lowest BCUT2D eigenvalue weighted by Crippen LogP contribution is -2.30. The summed E-state index contributed by atoms with van der Waals surface area (Å²) in [4.78, 5) is 14.0. The second kappa shape index (κ2) is 8.54. The second-order valence-electron chi connectivity index (χ2n) is 5.97. The van der Waals surface area contributed by atoms with Gasteiger partial charge in [0.2, 0.25) is 0 Å². The number of anilines is 1. The predicted molar refractivity (Wildman–Crippen MR) is 107 cm³/mol. The van der Waals surface area contributed by atoms with Crippen LogP contribution in [0.25, 0.3) is 0 Å². The van der Waals surface area contributed by atoms with Crippen molar-refractivity contribution in [1.82, 2.24) is 4.90 Å². The molecule has 0 aromatic heterocycles. The van der Waals surface area contributed by atoms with Crippen LogP contribution in [0.3, 0.4) is 0 Å². The minimum atomic E-state index is -0.190. The Morgan fingerprint density at radius 1 is 1.20 bits per heavy atom. The summed E-state index contributed by atoms with van der Waals surface area (Å²) in [7, 11) is 1.72. The number of para-hydroxylation sites is 1. The summed E-state index contributed by atoms with van der Waals surface area (Å²) in [5.74, 6) is 2.59. The van der Waals surface area contributed by atoms with Crippen LogP contribution in [0.15, 0.2) is 48.5 Å². The van der Waals surface area contributed by atoms with Crippen molar-refractivity contribution < 1.29 is 9.90 Å². The van der Waals surface area contributed by atoms with Crippen LogP contribution in [0, 0.1) is 0 Å². The molecule has 2 amide bonds. The third kappa shape index (κ3) is 4.86. The largest absolute Gasteiger partial charge is 0.508 e. The van der Waals surface area contributed by atoms with E-state index in [1.807, 2.05) is 47.8 Å². The van der Waals surface area contributed by atoms with Gasteiger partial charge in [0.15, 0.2) is 0 Å². The number of rotatable bonds is 4. The Kier molecular flexibility index (Phi) is 6.15. The molecule has 6 heteroatoms. The van der Waals surface area contributed by atoms with Gasteiger partial charge in [-0.1, -0.05) is 30.3 Å². The van der Waals surface area contributed by atoms with Crippen LogP contribution >= 0.6 is 23.5 Å². The number of carbonyl (C=O) groups excluding carboxylic acids is 1. The summed E-state index contributed by atoms with van der Waals surface area (Å²) < 4.78 is 0.449. The van der Waals surface area contributed by atoms with Gasteiger partial charge in [0.1, 0.15) is 5.75 Å². The highest BCUT2D eigenvalue weighted by Crippen LogP contribution is 2.44. The Morgan fingerprint density at radius 3 is 2.72 bits per heavy atom. The van der Waals surface area contributed by atoms with Gasteiger partial charge in [-0.15, -0.1) is 23.5 Å². The van der Waals surface area contributed by atoms with Crippen LogP contribution in [0.1, 0.15) is 22.1 Å². The molecule has 25 heavy (non-hydrogen) atoms. The lowest BCUT2D eigenvalue weighted by Gasteiger charge is -2.22. The van der Waals surface area contributed by atoms with Crippen LogP contribution in [0.5, 0.6) is 5.75 Å². The van der Waals surface area contributed by atoms with Gasteiger partial charge < -0.3 is 15.3 Å². The standard InChI is InChI=1S/C19H22N2O2S2/c1-21(13-15-6-2-3-9-17(15)22)19(23)20-16-8-4-7-14(12-16)18-24-10-5-11-25-18/h2-4,6-9,12,18,22H,5,10-11,13H2,1H3,(H,20,23). The summed E-state index contributed by atoms with van der Waals surface area (Å²) in [6, 6.07) is 15.0. The Hall–Kier alpha value is -1.79. The third-order valence-electron chi connectivity index (χ3n) is 3.98. The van der Waals surface area contributed by atoms with Crippen LogP contribution in [0.2, 0.25) is 0 Å². The first kappa shape index (κ1) is 18.0. The molecule has 4 nitrogen and oxygen atoms in total. The highest BCUT2D eigenvalue weighted by Gasteiger charge is 2.17. The fourth-order valence-corrected chi connectivity index (χ4v) is 5.51. The molecule has 1 saturated heterocycles. The summed E-state index contributed by atoms with van der Waals surface area (Å²) in [5, 5.41) is 12.8. The maximum Gasteiger partial charge on any atom is 0.321 e. The zero-order valence-electron chi connectivity index (χ0n) is 14.1. The first-order valence-electron chi connectivity index (χ1n) is 8.25. The van der Waals surface area contributed by atoms with Gasteiger partial charge in [-0.3, -0.25) is 0 Å². The van der Waals surface area contributed by atoms with Crippen molar-refractivity contribution in [1.29, 1.82) is 0 Å². The first-order chi connectivity index (χ1) is 12.1. The molecule has 0 spiro atoms. The summed E-state index contributed by atoms with van der Waals surface area (Å²) in [6.45, 7) is 0.354. The molecule has 0 atom stereocenters. The maximum atomic E-state index is 12.4. The number of carbonyl (C=O) groups is 1. The number of phenolic OH excluding ortho intramolecular Hbond substituents is 1. The van der Waals surface area contributed by atoms with Gasteiger partial charge in [0, 0.05) is 18.3 Å². The Morgan fingerprint density at radius 2 is 1.96 bits per heavy atom. The first-order valence-corrected chi connectivity index (χ1v) is 10.4. The maximum absolute atomic E-state index is 12.4. The third-order valence-corrected chi connectivity index (χ3v) is 7.00. The smallest absolute Gasteiger partial charge is 0.321 e. The second-order valence-corrected chi connectivity index (χ2v) is 8.69. The van der Waals surface area contributed by atoms with Crippen LogP contribution < -0.4 is 5.32 Å². The molecular formula is C19H22N2O2S2. The van der Waals surface area contributed by atoms with Crippen molar-refractivity contribution in [2.45, 2.75) is 17.5 Å². The number of hydrogen-bond donors (Lipinski definition) is 2. The lowest BCUT2D eigenvalue weighted by atomic mass is 10.2. The van der Waals surface area contributed by atoms with E-state index in [1.165, 1.54) is 23.5 Å². The highest BCUT2D eigenvalue weighted by molar-refractivity contribution is 8.16. The molecular weight excluding hydrogens is 352 g/mol. The van der Waals surface area contributed by atoms with Gasteiger partial charge in [0.25, 0.3) is 0 Å². The normalized spacial score (nSPS) is 14.9. The quantitative estimate of drug-likeness (QED) is 0.797. The topological polar surface area (TPSA) is 52.6 Å². The van der Waals surface area contributed by atoms with Crippen molar-refractivity contribution in [3.05, 3.63) is 59.7 Å². The number of benzene rings is 2. The van der Waals surface area contributed by atoms with Crippen LogP contribution in [-0.2, 0) is 6.54 Å². The van der Waals surface area contributed by atoms with Crippen LogP contribution in [0.4, 0.5) is 10.5 Å².